The lowest BCUT2D eigenvalue weighted by atomic mass is 10.2. The summed E-state index contributed by atoms with van der Waals surface area (Å²) in [6.45, 7) is 0. The number of carbonyl (C=O) groups is 1. The topological polar surface area (TPSA) is 68.0 Å². The lowest BCUT2D eigenvalue weighted by molar-refractivity contribution is 0.0697. The van der Waals surface area contributed by atoms with E-state index in [-0.39, 0.29) is 10.6 Å². The smallest absolute Gasteiger partial charge is 0.337 e. The van der Waals surface area contributed by atoms with Crippen LogP contribution in [0.25, 0.3) is 11.0 Å². The van der Waals surface area contributed by atoms with Crippen LogP contribution in [0, 0.1) is 0 Å². The van der Waals surface area contributed by atoms with Gasteiger partial charge in [-0.2, -0.15) is 0 Å². The van der Waals surface area contributed by atoms with Gasteiger partial charge in [-0.15, -0.1) is 5.10 Å². The molecule has 5 nitrogen and oxygen atoms in total. The van der Waals surface area contributed by atoms with Gasteiger partial charge >= 0.3 is 5.97 Å². The van der Waals surface area contributed by atoms with E-state index >= 15 is 0 Å². The van der Waals surface area contributed by atoms with Crippen molar-refractivity contribution in [3.8, 4) is 0 Å². The quantitative estimate of drug-likeness (QED) is 0.773. The lowest BCUT2D eigenvalue weighted by Gasteiger charge is -1.98. The van der Waals surface area contributed by atoms with E-state index in [0.717, 1.165) is 0 Å². The second-order valence-corrected chi connectivity index (χ2v) is 3.25. The molecule has 0 aliphatic heterocycles. The van der Waals surface area contributed by atoms with Crippen LogP contribution in [0.1, 0.15) is 10.4 Å². The summed E-state index contributed by atoms with van der Waals surface area (Å²) in [6.07, 6.45) is 0. The molecule has 0 unspecified atom stereocenters. The molecule has 6 heteroatoms. The molecule has 2 rings (SSSR count). The van der Waals surface area contributed by atoms with E-state index in [1.54, 1.807) is 13.1 Å². The highest BCUT2D eigenvalue weighted by molar-refractivity contribution is 6.34. The molecule has 1 aromatic heterocycles. The SMILES string of the molecule is Cn1nnc2cc(C(=O)O)c(Cl)cc21. The summed E-state index contributed by atoms with van der Waals surface area (Å²) in [7, 11) is 1.71. The fourth-order valence-electron chi connectivity index (χ4n) is 1.22. The highest BCUT2D eigenvalue weighted by atomic mass is 35.5. The molecule has 0 aliphatic carbocycles. The van der Waals surface area contributed by atoms with Crippen molar-refractivity contribution in [2.75, 3.05) is 0 Å². The van der Waals surface area contributed by atoms with E-state index in [4.69, 9.17) is 16.7 Å². The van der Waals surface area contributed by atoms with Crippen molar-refractivity contribution in [1.82, 2.24) is 15.0 Å². The van der Waals surface area contributed by atoms with Crippen molar-refractivity contribution in [2.45, 2.75) is 0 Å². The van der Waals surface area contributed by atoms with E-state index in [9.17, 15) is 4.79 Å². The number of hydrogen-bond acceptors (Lipinski definition) is 3. The molecular weight excluding hydrogens is 206 g/mol. The summed E-state index contributed by atoms with van der Waals surface area (Å²) >= 11 is 5.78. The number of hydrogen-bond donors (Lipinski definition) is 1. The zero-order valence-electron chi connectivity index (χ0n) is 7.23. The summed E-state index contributed by atoms with van der Waals surface area (Å²) in [5.74, 6) is -1.07. The Labute approximate surface area is 83.9 Å². The summed E-state index contributed by atoms with van der Waals surface area (Å²) in [5.41, 5.74) is 1.27. The van der Waals surface area contributed by atoms with Gasteiger partial charge in [-0.05, 0) is 12.1 Å². The number of aromatic nitrogens is 3. The Balaban J connectivity index is 2.79. The second kappa shape index (κ2) is 2.95. The minimum absolute atomic E-state index is 0.0414. The monoisotopic (exact) mass is 211 g/mol. The Morgan fingerprint density at radius 2 is 2.29 bits per heavy atom. The molecule has 1 aromatic carbocycles. The molecule has 0 radical (unpaired) electrons. The first kappa shape index (κ1) is 8.96. The number of aryl methyl sites for hydroxylation is 1. The van der Waals surface area contributed by atoms with E-state index in [1.165, 1.54) is 10.7 Å². The van der Waals surface area contributed by atoms with Crippen molar-refractivity contribution >= 4 is 28.6 Å². The number of aromatic carboxylic acids is 1. The first-order valence-electron chi connectivity index (χ1n) is 3.82. The van der Waals surface area contributed by atoms with Crippen LogP contribution in [0.2, 0.25) is 5.02 Å². The Kier molecular flexibility index (Phi) is 1.89. The maximum absolute atomic E-state index is 10.7. The molecule has 0 aliphatic rings. The van der Waals surface area contributed by atoms with Gasteiger partial charge in [0, 0.05) is 7.05 Å². The average molecular weight is 212 g/mol. The Hall–Kier alpha value is -1.62. The molecular formula is C8H6ClN3O2. The summed E-state index contributed by atoms with van der Waals surface area (Å²) in [5, 5.41) is 16.5. The van der Waals surface area contributed by atoms with Gasteiger partial charge in [0.2, 0.25) is 0 Å². The molecule has 1 N–H and O–H groups in total. The van der Waals surface area contributed by atoms with Crippen molar-refractivity contribution in [1.29, 1.82) is 0 Å². The number of benzene rings is 1. The van der Waals surface area contributed by atoms with Gasteiger partial charge in [0.15, 0.2) is 0 Å². The summed E-state index contributed by atoms with van der Waals surface area (Å²) < 4.78 is 1.53. The maximum atomic E-state index is 10.7. The number of fused-ring (bicyclic) bond motifs is 1. The van der Waals surface area contributed by atoms with E-state index in [0.29, 0.717) is 11.0 Å². The highest BCUT2D eigenvalue weighted by Crippen LogP contribution is 2.22. The van der Waals surface area contributed by atoms with Crippen LogP contribution in [-0.2, 0) is 7.05 Å². The molecule has 1 heterocycles. The predicted octanol–water partition coefficient (Wildman–Crippen LogP) is 1.32. The molecule has 0 bridgehead atoms. The largest absolute Gasteiger partial charge is 0.478 e. The van der Waals surface area contributed by atoms with Crippen LogP contribution in [0.3, 0.4) is 0 Å². The number of halogens is 1. The molecule has 14 heavy (non-hydrogen) atoms. The molecule has 0 saturated carbocycles. The van der Waals surface area contributed by atoms with Crippen molar-refractivity contribution in [2.24, 2.45) is 7.05 Å². The van der Waals surface area contributed by atoms with Gasteiger partial charge < -0.3 is 5.11 Å². The van der Waals surface area contributed by atoms with E-state index < -0.39 is 5.97 Å². The number of carboxylic acid groups (broad SMARTS) is 1. The molecule has 0 atom stereocenters. The third-order valence-corrected chi connectivity index (χ3v) is 2.24. The van der Waals surface area contributed by atoms with Crippen LogP contribution in [-0.4, -0.2) is 26.1 Å². The fraction of sp³-hybridized carbons (Fsp3) is 0.125. The summed E-state index contributed by atoms with van der Waals surface area (Å²) in [4.78, 5) is 10.7. The third kappa shape index (κ3) is 1.22. The molecule has 2 aromatic rings. The van der Waals surface area contributed by atoms with Gasteiger partial charge in [0.25, 0.3) is 0 Å². The fourth-order valence-corrected chi connectivity index (χ4v) is 1.46. The Bertz CT molecular complexity index is 521. The van der Waals surface area contributed by atoms with Crippen molar-refractivity contribution in [3.05, 3.63) is 22.7 Å². The van der Waals surface area contributed by atoms with Crippen molar-refractivity contribution < 1.29 is 9.90 Å². The first-order valence-corrected chi connectivity index (χ1v) is 4.19. The molecule has 0 saturated heterocycles. The van der Waals surface area contributed by atoms with Gasteiger partial charge in [-0.3, -0.25) is 0 Å². The second-order valence-electron chi connectivity index (χ2n) is 2.84. The lowest BCUT2D eigenvalue weighted by Crippen LogP contribution is -1.97. The third-order valence-electron chi connectivity index (χ3n) is 1.93. The van der Waals surface area contributed by atoms with Gasteiger partial charge in [0.1, 0.15) is 5.52 Å². The molecule has 72 valence electrons. The summed E-state index contributed by atoms with van der Waals surface area (Å²) in [6, 6.07) is 2.95. The Morgan fingerprint density at radius 1 is 1.57 bits per heavy atom. The van der Waals surface area contributed by atoms with Gasteiger partial charge in [0.05, 0.1) is 16.1 Å². The van der Waals surface area contributed by atoms with Crippen LogP contribution >= 0.6 is 11.6 Å². The van der Waals surface area contributed by atoms with E-state index in [1.807, 2.05) is 0 Å². The molecule has 0 fully saturated rings. The average Bonchev–Trinajstić information content (AvgIpc) is 2.46. The number of carboxylic acids is 1. The maximum Gasteiger partial charge on any atom is 0.337 e. The number of nitrogens with zero attached hydrogens (tertiary/aromatic N) is 3. The zero-order chi connectivity index (χ0) is 10.3. The van der Waals surface area contributed by atoms with Gasteiger partial charge in [-0.1, -0.05) is 16.8 Å². The predicted molar refractivity (Wildman–Crippen MR) is 50.5 cm³/mol. The standard InChI is InChI=1S/C8H6ClN3O2/c1-12-7-3-5(9)4(8(13)14)2-6(7)10-11-12/h2-3H,1H3,(H,13,14). The Morgan fingerprint density at radius 3 is 2.93 bits per heavy atom. The van der Waals surface area contributed by atoms with Crippen molar-refractivity contribution in [3.63, 3.8) is 0 Å². The van der Waals surface area contributed by atoms with E-state index in [2.05, 4.69) is 10.3 Å². The normalized spacial score (nSPS) is 10.7. The first-order chi connectivity index (χ1) is 6.59. The highest BCUT2D eigenvalue weighted by Gasteiger charge is 2.12. The van der Waals surface area contributed by atoms with Crippen LogP contribution in [0.4, 0.5) is 0 Å². The number of rotatable bonds is 1. The van der Waals surface area contributed by atoms with Gasteiger partial charge in [-0.25, -0.2) is 9.48 Å². The minimum atomic E-state index is -1.07. The minimum Gasteiger partial charge on any atom is -0.478 e. The van der Waals surface area contributed by atoms with Crippen LogP contribution in [0.5, 0.6) is 0 Å². The molecule has 0 spiro atoms. The zero-order valence-corrected chi connectivity index (χ0v) is 7.99. The van der Waals surface area contributed by atoms with Crippen LogP contribution < -0.4 is 0 Å². The van der Waals surface area contributed by atoms with Crippen LogP contribution in [0.15, 0.2) is 12.1 Å². The molecule has 0 amide bonds.